The van der Waals surface area contributed by atoms with Crippen LogP contribution < -0.4 is 15.5 Å². The number of aromatic nitrogens is 2. The van der Waals surface area contributed by atoms with Crippen LogP contribution in [0.2, 0.25) is 0 Å². The van der Waals surface area contributed by atoms with Crippen LogP contribution in [0.4, 0.5) is 17.3 Å². The van der Waals surface area contributed by atoms with Gasteiger partial charge in [0.2, 0.25) is 5.91 Å². The Morgan fingerprint density at radius 1 is 1.32 bits per heavy atom. The van der Waals surface area contributed by atoms with Crippen LogP contribution in [0.15, 0.2) is 35.1 Å². The van der Waals surface area contributed by atoms with Crippen molar-refractivity contribution in [2.75, 3.05) is 35.2 Å². The molecule has 0 radical (unpaired) electrons. The molecule has 1 fully saturated rings. The third kappa shape index (κ3) is 5.42. The number of aryl methyl sites for hydroxylation is 1. The van der Waals surface area contributed by atoms with E-state index in [0.29, 0.717) is 18.8 Å². The van der Waals surface area contributed by atoms with Gasteiger partial charge in [-0.3, -0.25) is 4.79 Å². The maximum absolute atomic E-state index is 12.2. The predicted octanol–water partition coefficient (Wildman–Crippen LogP) is 3.34. The molecule has 2 aromatic rings. The molecule has 1 atom stereocenters. The minimum atomic E-state index is -0.0522. The molecule has 7 nitrogen and oxygen atoms in total. The van der Waals surface area contributed by atoms with Gasteiger partial charge in [-0.1, -0.05) is 15.9 Å². The zero-order chi connectivity index (χ0) is 19.9. The number of nitrogens with zero attached hydrogens (tertiary/aromatic N) is 3. The van der Waals surface area contributed by atoms with E-state index in [-0.39, 0.29) is 18.6 Å². The predicted molar refractivity (Wildman–Crippen MR) is 115 cm³/mol. The molecule has 1 aliphatic heterocycles. The van der Waals surface area contributed by atoms with Gasteiger partial charge in [0.1, 0.15) is 18.0 Å². The number of carbonyl (C=O) groups excluding carboxylic acids is 1. The van der Waals surface area contributed by atoms with E-state index in [1.165, 1.54) is 6.33 Å². The number of rotatable bonds is 7. The Hall–Kier alpha value is -2.19. The van der Waals surface area contributed by atoms with Crippen LogP contribution in [0.3, 0.4) is 0 Å². The molecule has 1 amide bonds. The van der Waals surface area contributed by atoms with Gasteiger partial charge in [-0.15, -0.1) is 0 Å². The lowest BCUT2D eigenvalue weighted by Gasteiger charge is -2.35. The minimum absolute atomic E-state index is 0.0522. The number of hydrogen-bond acceptors (Lipinski definition) is 6. The van der Waals surface area contributed by atoms with Crippen molar-refractivity contribution in [3.63, 3.8) is 0 Å². The minimum Gasteiger partial charge on any atom is -0.394 e. The number of carbonyl (C=O) groups is 1. The number of hydrogen-bond donors (Lipinski definition) is 3. The summed E-state index contributed by atoms with van der Waals surface area (Å²) in [5.41, 5.74) is 1.83. The first-order valence-corrected chi connectivity index (χ1v) is 10.4. The molecule has 1 aliphatic rings. The van der Waals surface area contributed by atoms with Gasteiger partial charge in [0, 0.05) is 35.7 Å². The van der Waals surface area contributed by atoms with E-state index in [1.807, 2.05) is 31.2 Å². The van der Waals surface area contributed by atoms with Crippen molar-refractivity contribution in [1.29, 1.82) is 0 Å². The highest BCUT2D eigenvalue weighted by Crippen LogP contribution is 2.24. The lowest BCUT2D eigenvalue weighted by atomic mass is 10.0. The lowest BCUT2D eigenvalue weighted by molar-refractivity contribution is -0.115. The van der Waals surface area contributed by atoms with Crippen LogP contribution >= 0.6 is 15.9 Å². The van der Waals surface area contributed by atoms with Crippen LogP contribution in [0.1, 0.15) is 31.2 Å². The van der Waals surface area contributed by atoms with E-state index < -0.39 is 0 Å². The van der Waals surface area contributed by atoms with E-state index in [0.717, 1.165) is 47.3 Å². The monoisotopic (exact) mass is 447 g/mol. The van der Waals surface area contributed by atoms with E-state index in [1.54, 1.807) is 0 Å². The fourth-order valence-electron chi connectivity index (χ4n) is 3.38. The molecule has 0 spiro atoms. The van der Waals surface area contributed by atoms with E-state index in [9.17, 15) is 9.90 Å². The second-order valence-corrected chi connectivity index (χ2v) is 7.89. The van der Waals surface area contributed by atoms with Crippen molar-refractivity contribution in [3.8, 4) is 0 Å². The van der Waals surface area contributed by atoms with Crippen molar-refractivity contribution in [1.82, 2.24) is 9.97 Å². The number of piperidine rings is 1. The summed E-state index contributed by atoms with van der Waals surface area (Å²) in [6.45, 7) is 3.45. The molecule has 8 heteroatoms. The average Bonchev–Trinajstić information content (AvgIpc) is 2.70. The van der Waals surface area contributed by atoms with Crippen molar-refractivity contribution in [3.05, 3.63) is 40.6 Å². The van der Waals surface area contributed by atoms with Crippen LogP contribution in [-0.2, 0) is 4.79 Å². The van der Waals surface area contributed by atoms with Gasteiger partial charge in [-0.25, -0.2) is 9.97 Å². The molecule has 0 saturated carbocycles. The Kier molecular flexibility index (Phi) is 7.22. The molecule has 1 aromatic carbocycles. The molecule has 1 unspecified atom stereocenters. The summed E-state index contributed by atoms with van der Waals surface area (Å²) in [7, 11) is 0. The maximum Gasteiger partial charge on any atom is 0.226 e. The van der Waals surface area contributed by atoms with Crippen molar-refractivity contribution >= 4 is 39.2 Å². The third-order valence-electron chi connectivity index (χ3n) is 4.91. The highest BCUT2D eigenvalue weighted by atomic mass is 79.9. The summed E-state index contributed by atoms with van der Waals surface area (Å²) in [5.74, 6) is 1.44. The lowest BCUT2D eigenvalue weighted by Crippen LogP contribution is -2.42. The molecule has 1 aromatic heterocycles. The number of nitrogens with one attached hydrogen (secondary N) is 2. The van der Waals surface area contributed by atoms with Gasteiger partial charge >= 0.3 is 0 Å². The summed E-state index contributed by atoms with van der Waals surface area (Å²) in [5, 5.41) is 15.7. The summed E-state index contributed by atoms with van der Waals surface area (Å²) < 4.78 is 0.987. The number of halogens is 1. The van der Waals surface area contributed by atoms with Gasteiger partial charge < -0.3 is 20.6 Å². The molecule has 28 heavy (non-hydrogen) atoms. The van der Waals surface area contributed by atoms with E-state index >= 15 is 0 Å². The number of benzene rings is 1. The first kappa shape index (κ1) is 20.5. The Bertz CT molecular complexity index is 817. The highest BCUT2D eigenvalue weighted by molar-refractivity contribution is 9.10. The fraction of sp³-hybridized carbons (Fsp3) is 0.450. The Labute approximate surface area is 173 Å². The summed E-state index contributed by atoms with van der Waals surface area (Å²) in [4.78, 5) is 22.9. The quantitative estimate of drug-likeness (QED) is 0.602. The molecule has 1 saturated heterocycles. The van der Waals surface area contributed by atoms with Gasteiger partial charge in [-0.05, 0) is 49.9 Å². The van der Waals surface area contributed by atoms with E-state index in [4.69, 9.17) is 0 Å². The van der Waals surface area contributed by atoms with Crippen LogP contribution in [0.5, 0.6) is 0 Å². The fourth-order valence-corrected chi connectivity index (χ4v) is 3.85. The SMILES string of the molecule is Cc1cc(Br)ccc1NC(=O)CCNc1cc(N2CCCCC2CO)ncn1. The molecule has 0 bridgehead atoms. The van der Waals surface area contributed by atoms with Crippen molar-refractivity contribution in [2.24, 2.45) is 0 Å². The van der Waals surface area contributed by atoms with Crippen LogP contribution in [-0.4, -0.2) is 46.7 Å². The second kappa shape index (κ2) is 9.84. The second-order valence-electron chi connectivity index (χ2n) is 6.97. The van der Waals surface area contributed by atoms with Gasteiger partial charge in [-0.2, -0.15) is 0 Å². The molecular formula is C20H26BrN5O2. The Morgan fingerprint density at radius 2 is 2.18 bits per heavy atom. The smallest absolute Gasteiger partial charge is 0.226 e. The normalized spacial score (nSPS) is 16.7. The topological polar surface area (TPSA) is 90.4 Å². The summed E-state index contributed by atoms with van der Waals surface area (Å²) in [6, 6.07) is 7.75. The van der Waals surface area contributed by atoms with Crippen LogP contribution in [0.25, 0.3) is 0 Å². The Morgan fingerprint density at radius 3 is 2.96 bits per heavy atom. The van der Waals surface area contributed by atoms with Gasteiger partial charge in [0.15, 0.2) is 0 Å². The summed E-state index contributed by atoms with van der Waals surface area (Å²) >= 11 is 3.42. The highest BCUT2D eigenvalue weighted by Gasteiger charge is 2.23. The van der Waals surface area contributed by atoms with Crippen molar-refractivity contribution < 1.29 is 9.90 Å². The van der Waals surface area contributed by atoms with Gasteiger partial charge in [0.25, 0.3) is 0 Å². The molecular weight excluding hydrogens is 422 g/mol. The summed E-state index contributed by atoms with van der Waals surface area (Å²) in [6.07, 6.45) is 5.05. The zero-order valence-electron chi connectivity index (χ0n) is 16.0. The molecule has 0 aliphatic carbocycles. The zero-order valence-corrected chi connectivity index (χ0v) is 17.6. The molecule has 2 heterocycles. The van der Waals surface area contributed by atoms with Gasteiger partial charge in [0.05, 0.1) is 12.6 Å². The number of aliphatic hydroxyl groups excluding tert-OH is 1. The third-order valence-corrected chi connectivity index (χ3v) is 5.40. The Balaban J connectivity index is 1.52. The standard InChI is InChI=1S/C20H26BrN5O2/c1-14-10-15(21)5-6-17(14)25-20(28)7-8-22-18-11-19(24-13-23-18)26-9-3-2-4-16(26)12-27/h5-6,10-11,13,16,27H,2-4,7-9,12H2,1H3,(H,25,28)(H,22,23,24). The van der Waals surface area contributed by atoms with Crippen molar-refractivity contribution in [2.45, 2.75) is 38.6 Å². The maximum atomic E-state index is 12.2. The van der Waals surface area contributed by atoms with E-state index in [2.05, 4.69) is 41.4 Å². The van der Waals surface area contributed by atoms with Crippen LogP contribution in [0, 0.1) is 6.92 Å². The number of anilines is 3. The number of amides is 1. The molecule has 3 N–H and O–H groups in total. The molecule has 3 rings (SSSR count). The average molecular weight is 448 g/mol. The first-order valence-electron chi connectivity index (χ1n) is 9.56. The number of aliphatic hydroxyl groups is 1. The first-order chi connectivity index (χ1) is 13.6. The molecule has 150 valence electrons. The largest absolute Gasteiger partial charge is 0.394 e.